The number of allylic oxidation sites excluding steroid dienone is 1. The Morgan fingerprint density at radius 1 is 0.562 bits per heavy atom. The molecule has 0 spiro atoms. The zero-order valence-corrected chi connectivity index (χ0v) is 26.7. The Hall–Kier alpha value is -6.32. The molecule has 0 aliphatic heterocycles. The van der Waals surface area contributed by atoms with Crippen molar-refractivity contribution in [2.24, 2.45) is 0 Å². The lowest BCUT2D eigenvalue weighted by Crippen LogP contribution is -2.15. The van der Waals surface area contributed by atoms with Gasteiger partial charge in [-0.3, -0.25) is 0 Å². The van der Waals surface area contributed by atoms with Crippen LogP contribution in [0.5, 0.6) is 0 Å². The number of nitrogens with zero attached hydrogens (tertiary/aromatic N) is 1. The molecule has 8 aromatic rings. The Morgan fingerprint density at radius 2 is 1.12 bits per heavy atom. The highest BCUT2D eigenvalue weighted by Crippen LogP contribution is 2.42. The number of rotatable bonds is 7. The van der Waals surface area contributed by atoms with E-state index in [1.165, 1.54) is 16.7 Å². The topological polar surface area (TPSA) is 42.4 Å². The van der Waals surface area contributed by atoms with Gasteiger partial charge in [-0.15, -0.1) is 0 Å². The second-order valence-electron chi connectivity index (χ2n) is 12.0. The number of furan rings is 1. The first-order valence-corrected chi connectivity index (χ1v) is 16.2. The van der Waals surface area contributed by atoms with Gasteiger partial charge < -0.3 is 15.1 Å². The van der Waals surface area contributed by atoms with Crippen molar-refractivity contribution >= 4 is 45.1 Å². The number of nitrogen functional groups attached to an aromatic ring is 1. The molecule has 48 heavy (non-hydrogen) atoms. The zero-order valence-electron chi connectivity index (χ0n) is 26.7. The van der Waals surface area contributed by atoms with E-state index in [-0.39, 0.29) is 0 Å². The van der Waals surface area contributed by atoms with Crippen LogP contribution in [-0.2, 0) is 0 Å². The zero-order chi connectivity index (χ0) is 32.5. The lowest BCUT2D eigenvalue weighted by molar-refractivity contribution is 0.637. The van der Waals surface area contributed by atoms with Crippen molar-refractivity contribution in [3.8, 4) is 33.4 Å². The number of nitrogens with two attached hydrogens (primary N) is 1. The fraction of sp³-hybridized carbons (Fsp3) is 0.0222. The van der Waals surface area contributed by atoms with Crippen LogP contribution in [0.15, 0.2) is 180 Å². The molecule has 1 heterocycles. The molecular weight excluding hydrogens is 585 g/mol. The highest BCUT2D eigenvalue weighted by atomic mass is 16.3. The van der Waals surface area contributed by atoms with E-state index in [4.69, 9.17) is 10.2 Å². The van der Waals surface area contributed by atoms with E-state index in [2.05, 4.69) is 176 Å². The molecule has 0 aliphatic rings. The monoisotopic (exact) mass is 618 g/mol. The van der Waals surface area contributed by atoms with Crippen molar-refractivity contribution in [1.29, 1.82) is 0 Å². The Balaban J connectivity index is 1.35. The first-order valence-electron chi connectivity index (χ1n) is 16.2. The van der Waals surface area contributed by atoms with Gasteiger partial charge in [-0.25, -0.2) is 0 Å². The highest BCUT2D eigenvalue weighted by molar-refractivity contribution is 6.11. The Bertz CT molecular complexity index is 2390. The van der Waals surface area contributed by atoms with Gasteiger partial charge in [0.1, 0.15) is 5.58 Å². The second-order valence-corrected chi connectivity index (χ2v) is 12.0. The summed E-state index contributed by atoms with van der Waals surface area (Å²) < 4.78 is 6.14. The number of benzene rings is 7. The van der Waals surface area contributed by atoms with Crippen LogP contribution in [-0.4, -0.2) is 0 Å². The van der Waals surface area contributed by atoms with E-state index in [1.807, 2.05) is 12.1 Å². The third-order valence-electron chi connectivity index (χ3n) is 9.01. The van der Waals surface area contributed by atoms with Gasteiger partial charge in [0.2, 0.25) is 0 Å². The average molecular weight is 619 g/mol. The fourth-order valence-electron chi connectivity index (χ4n) is 6.68. The van der Waals surface area contributed by atoms with Gasteiger partial charge in [0.05, 0.1) is 5.69 Å². The van der Waals surface area contributed by atoms with E-state index in [0.29, 0.717) is 5.88 Å². The van der Waals surface area contributed by atoms with Crippen LogP contribution >= 0.6 is 0 Å². The summed E-state index contributed by atoms with van der Waals surface area (Å²) in [5.41, 5.74) is 18.4. The van der Waals surface area contributed by atoms with Crippen molar-refractivity contribution in [2.45, 2.75) is 6.92 Å². The first-order chi connectivity index (χ1) is 23.6. The molecule has 0 bridgehead atoms. The normalized spacial score (nSPS) is 11.6. The number of hydrogen-bond acceptors (Lipinski definition) is 3. The Kier molecular flexibility index (Phi) is 7.56. The molecule has 1 aromatic heterocycles. The van der Waals surface area contributed by atoms with Gasteiger partial charge in [-0.2, -0.15) is 0 Å². The standard InChI is InChI=1S/C45H34N2O/c1-31(29-41-44-39-20-12-11-19-36(39)24-28-43(44)48-45(41)46)47(38-25-21-34(22-26-38)32-13-5-2-6-14-32)42-27-23-37(33-15-7-3-8-16-33)30-40(42)35-17-9-4-10-18-35/h2-30H,46H2,1H3/b31-29+. The number of hydrogen-bond donors (Lipinski definition) is 1. The summed E-state index contributed by atoms with van der Waals surface area (Å²) in [5, 5.41) is 3.28. The third kappa shape index (κ3) is 5.42. The molecule has 7 aromatic carbocycles. The van der Waals surface area contributed by atoms with E-state index >= 15 is 0 Å². The average Bonchev–Trinajstić information content (AvgIpc) is 3.47. The lowest BCUT2D eigenvalue weighted by atomic mass is 9.96. The molecule has 3 nitrogen and oxygen atoms in total. The molecule has 0 unspecified atom stereocenters. The van der Waals surface area contributed by atoms with Crippen LogP contribution in [0.4, 0.5) is 17.3 Å². The maximum absolute atomic E-state index is 6.63. The van der Waals surface area contributed by atoms with E-state index in [9.17, 15) is 0 Å². The lowest BCUT2D eigenvalue weighted by Gasteiger charge is -2.29. The number of anilines is 3. The molecule has 0 amide bonds. The van der Waals surface area contributed by atoms with Crippen LogP contribution in [0.2, 0.25) is 0 Å². The summed E-state index contributed by atoms with van der Waals surface area (Å²) in [6.07, 6.45) is 2.17. The van der Waals surface area contributed by atoms with Crippen LogP contribution in [0, 0.1) is 0 Å². The van der Waals surface area contributed by atoms with E-state index in [1.54, 1.807) is 0 Å². The quantitative estimate of drug-likeness (QED) is 0.193. The minimum atomic E-state index is 0.405. The molecule has 8 rings (SSSR count). The number of fused-ring (bicyclic) bond motifs is 3. The summed E-state index contributed by atoms with van der Waals surface area (Å²) in [6.45, 7) is 2.15. The van der Waals surface area contributed by atoms with E-state index in [0.717, 1.165) is 61.1 Å². The molecule has 0 aliphatic carbocycles. The maximum Gasteiger partial charge on any atom is 0.199 e. The molecular formula is C45H34N2O. The van der Waals surface area contributed by atoms with Gasteiger partial charge in [-0.05, 0) is 81.9 Å². The fourth-order valence-corrected chi connectivity index (χ4v) is 6.68. The second kappa shape index (κ2) is 12.5. The molecule has 0 saturated heterocycles. The molecule has 0 saturated carbocycles. The van der Waals surface area contributed by atoms with Crippen molar-refractivity contribution in [1.82, 2.24) is 0 Å². The third-order valence-corrected chi connectivity index (χ3v) is 9.01. The predicted molar refractivity (Wildman–Crippen MR) is 203 cm³/mol. The van der Waals surface area contributed by atoms with Crippen LogP contribution < -0.4 is 10.6 Å². The van der Waals surface area contributed by atoms with Gasteiger partial charge >= 0.3 is 0 Å². The van der Waals surface area contributed by atoms with Crippen molar-refractivity contribution in [2.75, 3.05) is 10.6 Å². The first kappa shape index (κ1) is 29.1. The summed E-state index contributed by atoms with van der Waals surface area (Å²) in [4.78, 5) is 2.33. The summed E-state index contributed by atoms with van der Waals surface area (Å²) in [7, 11) is 0. The predicted octanol–water partition coefficient (Wildman–Crippen LogP) is 12.4. The largest absolute Gasteiger partial charge is 0.440 e. The van der Waals surface area contributed by atoms with Gasteiger partial charge in [0.15, 0.2) is 5.88 Å². The van der Waals surface area contributed by atoms with E-state index < -0.39 is 0 Å². The minimum Gasteiger partial charge on any atom is -0.440 e. The van der Waals surface area contributed by atoms with Crippen molar-refractivity contribution < 1.29 is 4.42 Å². The maximum atomic E-state index is 6.63. The molecule has 230 valence electrons. The molecule has 3 heteroatoms. The van der Waals surface area contributed by atoms with Crippen LogP contribution in [0.3, 0.4) is 0 Å². The van der Waals surface area contributed by atoms with Crippen molar-refractivity contribution in [3.63, 3.8) is 0 Å². The molecule has 0 atom stereocenters. The van der Waals surface area contributed by atoms with Crippen LogP contribution in [0.1, 0.15) is 12.5 Å². The Labute approximate surface area is 280 Å². The minimum absolute atomic E-state index is 0.405. The molecule has 0 fully saturated rings. The highest BCUT2D eigenvalue weighted by Gasteiger charge is 2.20. The van der Waals surface area contributed by atoms with Gasteiger partial charge in [0, 0.05) is 27.9 Å². The van der Waals surface area contributed by atoms with Gasteiger partial charge in [0.25, 0.3) is 0 Å². The SMILES string of the molecule is C/C(=C\c1c(N)oc2ccc3ccccc3c12)N(c1ccc(-c2ccccc2)cc1)c1ccc(-c2ccccc2)cc1-c1ccccc1. The van der Waals surface area contributed by atoms with Crippen molar-refractivity contribution in [3.05, 3.63) is 181 Å². The molecule has 2 N–H and O–H groups in total. The van der Waals surface area contributed by atoms with Gasteiger partial charge in [-0.1, -0.05) is 140 Å². The summed E-state index contributed by atoms with van der Waals surface area (Å²) >= 11 is 0. The molecule has 0 radical (unpaired) electrons. The Morgan fingerprint density at radius 3 is 1.81 bits per heavy atom. The smallest absolute Gasteiger partial charge is 0.199 e. The summed E-state index contributed by atoms with van der Waals surface area (Å²) in [5.74, 6) is 0.405. The summed E-state index contributed by atoms with van der Waals surface area (Å²) in [6, 6.07) is 59.7. The van der Waals surface area contributed by atoms with Crippen LogP contribution in [0.25, 0.3) is 61.2 Å².